The van der Waals surface area contributed by atoms with Crippen molar-refractivity contribution in [2.24, 2.45) is 0 Å². The molecular formula is C42H58N5O6S2+3. The summed E-state index contributed by atoms with van der Waals surface area (Å²) in [5, 5.41) is 0. The van der Waals surface area contributed by atoms with Gasteiger partial charge in [0.15, 0.2) is 12.3 Å². The highest BCUT2D eigenvalue weighted by Gasteiger charge is 2.45. The third-order valence-electron chi connectivity index (χ3n) is 10.6. The Bertz CT molecular complexity index is 2300. The summed E-state index contributed by atoms with van der Waals surface area (Å²) in [5.41, 5.74) is 6.14. The minimum atomic E-state index is -4.40. The van der Waals surface area contributed by atoms with Gasteiger partial charge in [-0.15, -0.1) is 0 Å². The highest BCUT2D eigenvalue weighted by atomic mass is 32.2. The molecule has 2 aliphatic rings. The molecule has 2 aliphatic heterocycles. The van der Waals surface area contributed by atoms with Crippen LogP contribution in [0.5, 0.6) is 0 Å². The van der Waals surface area contributed by atoms with Gasteiger partial charge in [-0.25, -0.2) is 0 Å². The number of hydrogen-bond acceptors (Lipinski definition) is 6. The molecule has 0 unspecified atom stereocenters. The Balaban J connectivity index is 1.65. The number of quaternary nitrogens is 2. The van der Waals surface area contributed by atoms with Gasteiger partial charge >= 0.3 is 0 Å². The van der Waals surface area contributed by atoms with Crippen molar-refractivity contribution >= 4 is 42.9 Å². The molecule has 0 bridgehead atoms. The van der Waals surface area contributed by atoms with Gasteiger partial charge in [-0.2, -0.15) is 21.4 Å². The predicted molar refractivity (Wildman–Crippen MR) is 220 cm³/mol. The van der Waals surface area contributed by atoms with Crippen molar-refractivity contribution in [1.29, 1.82) is 0 Å². The fourth-order valence-electron chi connectivity index (χ4n) is 7.65. The number of fused-ring (bicyclic) bond motifs is 2. The maximum absolute atomic E-state index is 12.2. The maximum Gasteiger partial charge on any atom is 0.294 e. The molecule has 13 heteroatoms. The predicted octanol–water partition coefficient (Wildman–Crippen LogP) is 6.47. The fourth-order valence-corrected chi connectivity index (χ4v) is 8.66. The normalized spacial score (nSPS) is 18.1. The molecule has 0 radical (unpaired) electrons. The number of allylic oxidation sites excluding steroid dienone is 6. The first-order chi connectivity index (χ1) is 25.3. The van der Waals surface area contributed by atoms with Crippen molar-refractivity contribution in [3.63, 3.8) is 0 Å². The molecule has 0 spiro atoms. The topological polar surface area (TPSA) is 128 Å². The van der Waals surface area contributed by atoms with E-state index in [1.54, 1.807) is 36.7 Å². The Kier molecular flexibility index (Phi) is 11.6. The summed E-state index contributed by atoms with van der Waals surface area (Å²) in [4.78, 5) is 6.26. The van der Waals surface area contributed by atoms with E-state index in [1.807, 2.05) is 12.1 Å². The minimum absolute atomic E-state index is 0.130. The number of rotatable bonds is 14. The molecule has 1 aromatic heterocycles. The number of nitrogens with zero attached hydrogens (tertiary/aromatic N) is 5. The van der Waals surface area contributed by atoms with E-state index in [4.69, 9.17) is 0 Å². The molecule has 0 saturated carbocycles. The number of hydrogen-bond donors (Lipinski definition) is 2. The Hall–Kier alpha value is -3.98. The zero-order chi connectivity index (χ0) is 40.8. The van der Waals surface area contributed by atoms with Gasteiger partial charge in [0.1, 0.15) is 0 Å². The molecule has 296 valence electrons. The molecule has 3 heterocycles. The van der Waals surface area contributed by atoms with Crippen molar-refractivity contribution in [3.05, 3.63) is 108 Å². The summed E-state index contributed by atoms with van der Waals surface area (Å²) in [7, 11) is 4.17. The first kappa shape index (κ1) is 42.2. The van der Waals surface area contributed by atoms with E-state index >= 15 is 0 Å². The zero-order valence-electron chi connectivity index (χ0n) is 33.9. The third kappa shape index (κ3) is 9.53. The molecule has 5 rings (SSSR count). The minimum Gasteiger partial charge on any atom is -0.344 e. The highest BCUT2D eigenvalue weighted by Crippen LogP contribution is 2.49. The van der Waals surface area contributed by atoms with Crippen LogP contribution in [0.15, 0.2) is 101 Å². The molecule has 0 aliphatic carbocycles. The van der Waals surface area contributed by atoms with Gasteiger partial charge in [0, 0.05) is 59.9 Å². The lowest BCUT2D eigenvalue weighted by molar-refractivity contribution is -0.871. The zero-order valence-corrected chi connectivity index (χ0v) is 35.5. The number of anilines is 1. The largest absolute Gasteiger partial charge is 0.344 e. The lowest BCUT2D eigenvalue weighted by atomic mass is 9.81. The SMILES string of the molecule is CC1(C)C(/C=C/C(=C/C=C2/N(CCC[N+](C)(C)C)c3ccc(S(=O)(=O)O)cc3C2(C)C)c2ccncc2)=[N+](CCC[N+](C)(C)C)c2ccc(S(=O)(=O)O)cc21. The molecule has 0 fully saturated rings. The summed E-state index contributed by atoms with van der Waals surface area (Å²) in [6.45, 7) is 11.6. The van der Waals surface area contributed by atoms with Crippen LogP contribution in [0.4, 0.5) is 11.4 Å². The van der Waals surface area contributed by atoms with Crippen LogP contribution in [0, 0.1) is 0 Å². The molecule has 2 aromatic carbocycles. The quantitative estimate of drug-likeness (QED) is 0.0824. The van der Waals surface area contributed by atoms with E-state index in [1.165, 1.54) is 12.1 Å². The summed E-state index contributed by atoms with van der Waals surface area (Å²) >= 11 is 0. The molecule has 3 aromatic rings. The molecule has 55 heavy (non-hydrogen) atoms. The summed E-state index contributed by atoms with van der Waals surface area (Å²) in [6.07, 6.45) is 13.7. The Labute approximate surface area is 328 Å². The van der Waals surface area contributed by atoms with Gasteiger partial charge in [-0.3, -0.25) is 14.1 Å². The van der Waals surface area contributed by atoms with Crippen molar-refractivity contribution in [1.82, 2.24) is 4.98 Å². The van der Waals surface area contributed by atoms with Crippen molar-refractivity contribution in [2.75, 3.05) is 73.4 Å². The second-order valence-electron chi connectivity index (χ2n) is 17.7. The lowest BCUT2D eigenvalue weighted by Crippen LogP contribution is -2.37. The average Bonchev–Trinajstić information content (AvgIpc) is 3.41. The van der Waals surface area contributed by atoms with Crippen molar-refractivity contribution in [3.8, 4) is 0 Å². The van der Waals surface area contributed by atoms with E-state index in [-0.39, 0.29) is 9.79 Å². The second-order valence-corrected chi connectivity index (χ2v) is 20.6. The molecule has 0 atom stereocenters. The van der Waals surface area contributed by atoms with E-state index in [0.29, 0.717) is 0 Å². The molecular weight excluding hydrogens is 735 g/mol. The Morgan fingerprint density at radius 1 is 0.782 bits per heavy atom. The van der Waals surface area contributed by atoms with Crippen LogP contribution >= 0.6 is 0 Å². The van der Waals surface area contributed by atoms with Gasteiger partial charge in [0.2, 0.25) is 5.69 Å². The van der Waals surface area contributed by atoms with Crippen molar-refractivity contribution < 1.29 is 39.5 Å². The third-order valence-corrected chi connectivity index (χ3v) is 12.3. The standard InChI is InChI=1S/C42H56N5O6S2/c1-41(2)35-29-33(54(48,49)50)15-17-37(35)44(25-11-27-46(5,6)7)39(41)19-13-31(32-21-23-43-24-22-32)14-20-40-42(3,4)36-30-34(55(51,52)53)16-18-38(36)45(40)26-12-28-47(8,9)10/h13-24,29-30H,11-12,25-28H2,1-10H3/q+1/p+2. The maximum atomic E-state index is 12.2. The molecule has 11 nitrogen and oxygen atoms in total. The fraction of sp³-hybridized carbons (Fsp3) is 0.429. The summed E-state index contributed by atoms with van der Waals surface area (Å²) in [5.74, 6) is 0. The van der Waals surface area contributed by atoms with Crippen molar-refractivity contribution in [2.45, 2.75) is 61.2 Å². The Morgan fingerprint density at radius 2 is 1.35 bits per heavy atom. The number of benzene rings is 2. The average molecular weight is 793 g/mol. The monoisotopic (exact) mass is 792 g/mol. The van der Waals surface area contributed by atoms with E-state index in [2.05, 4.69) is 109 Å². The molecule has 2 N–H and O–H groups in total. The second kappa shape index (κ2) is 15.2. The van der Waals surface area contributed by atoms with Gasteiger partial charge in [0.05, 0.1) is 77.0 Å². The van der Waals surface area contributed by atoms with E-state index < -0.39 is 31.1 Å². The van der Waals surface area contributed by atoms with Gasteiger partial charge in [-0.1, -0.05) is 19.9 Å². The first-order valence-electron chi connectivity index (χ1n) is 18.6. The highest BCUT2D eigenvalue weighted by molar-refractivity contribution is 7.86. The van der Waals surface area contributed by atoms with Crippen LogP contribution in [-0.4, -0.2) is 119 Å². The van der Waals surface area contributed by atoms with Crippen LogP contribution in [0.2, 0.25) is 0 Å². The number of pyridine rings is 1. The smallest absolute Gasteiger partial charge is 0.294 e. The van der Waals surface area contributed by atoms with Gasteiger partial charge in [0.25, 0.3) is 20.2 Å². The Morgan fingerprint density at radius 3 is 1.93 bits per heavy atom. The first-order valence-corrected chi connectivity index (χ1v) is 21.5. The van der Waals surface area contributed by atoms with E-state index in [9.17, 15) is 25.9 Å². The van der Waals surface area contributed by atoms with Crippen LogP contribution in [0.1, 0.15) is 57.2 Å². The summed E-state index contributed by atoms with van der Waals surface area (Å²) < 4.78 is 72.5. The van der Waals surface area contributed by atoms with Gasteiger partial charge < -0.3 is 13.9 Å². The lowest BCUT2D eigenvalue weighted by Gasteiger charge is -2.29. The van der Waals surface area contributed by atoms with Crippen LogP contribution in [0.3, 0.4) is 0 Å². The van der Waals surface area contributed by atoms with Gasteiger partial charge in [-0.05, 0) is 85.2 Å². The van der Waals surface area contributed by atoms with Crippen LogP contribution in [-0.2, 0) is 31.1 Å². The molecule has 0 saturated heterocycles. The summed E-state index contributed by atoms with van der Waals surface area (Å²) in [6, 6.07) is 13.6. The number of aromatic nitrogens is 1. The van der Waals surface area contributed by atoms with E-state index in [0.717, 1.165) is 93.0 Å². The van der Waals surface area contributed by atoms with Crippen LogP contribution < -0.4 is 4.90 Å². The molecule has 0 amide bonds. The van der Waals surface area contributed by atoms with Crippen LogP contribution in [0.25, 0.3) is 5.57 Å².